The Balaban J connectivity index is 0.000000360. The van der Waals surface area contributed by atoms with Gasteiger partial charge in [0.2, 0.25) is 6.33 Å². The van der Waals surface area contributed by atoms with E-state index >= 15 is 0 Å². The van der Waals surface area contributed by atoms with Crippen LogP contribution < -0.4 is 4.57 Å². The number of carbonyl (C=O) groups is 1. The van der Waals surface area contributed by atoms with Gasteiger partial charge < -0.3 is 5.11 Å². The second-order valence-electron chi connectivity index (χ2n) is 3.50. The van der Waals surface area contributed by atoms with E-state index in [4.69, 9.17) is 5.11 Å². The fourth-order valence-corrected chi connectivity index (χ4v) is 0.826. The van der Waals surface area contributed by atoms with Gasteiger partial charge in [-0.2, -0.15) is 0 Å². The number of hydrogen-bond donors (Lipinski definition) is 1. The first-order valence-corrected chi connectivity index (χ1v) is 6.41. The summed E-state index contributed by atoms with van der Waals surface area (Å²) in [6, 6.07) is -0.490. The molecule has 0 aromatic carbocycles. The van der Waals surface area contributed by atoms with E-state index in [1.807, 2.05) is 7.05 Å². The number of carboxylic acid groups (broad SMARTS) is 1. The van der Waals surface area contributed by atoms with E-state index < -0.39 is 19.8 Å². The van der Waals surface area contributed by atoms with Crippen molar-refractivity contribution in [2.45, 2.75) is 13.0 Å². The fourth-order valence-electron chi connectivity index (χ4n) is 0.826. The molecule has 0 radical (unpaired) electrons. The summed E-state index contributed by atoms with van der Waals surface area (Å²) in [5.41, 5.74) is 0. The molecule has 0 aliphatic carbocycles. The molecular formula is C7H11F6N2O2P. The zero-order valence-corrected chi connectivity index (χ0v) is 10.2. The van der Waals surface area contributed by atoms with Crippen LogP contribution in [0.3, 0.4) is 0 Å². The van der Waals surface area contributed by atoms with Crippen LogP contribution in [0.5, 0.6) is 0 Å². The average molecular weight is 300 g/mol. The van der Waals surface area contributed by atoms with Gasteiger partial charge in [0.1, 0.15) is 12.4 Å². The van der Waals surface area contributed by atoms with Crippen LogP contribution in [0.15, 0.2) is 18.7 Å². The van der Waals surface area contributed by atoms with Gasteiger partial charge in [-0.1, -0.05) is 0 Å². The summed E-state index contributed by atoms with van der Waals surface area (Å²) in [6.45, 7) is 1.64. The van der Waals surface area contributed by atoms with Gasteiger partial charge >= 0.3 is 39.0 Å². The Hall–Kier alpha value is -1.31. The number of halogens is 6. The van der Waals surface area contributed by atoms with Crippen LogP contribution >= 0.6 is 7.81 Å². The van der Waals surface area contributed by atoms with Gasteiger partial charge in [0.25, 0.3) is 0 Å². The molecular weight excluding hydrogens is 289 g/mol. The molecule has 1 rings (SSSR count). The molecule has 0 spiro atoms. The molecule has 108 valence electrons. The summed E-state index contributed by atoms with van der Waals surface area (Å²) in [7, 11) is -8.81. The van der Waals surface area contributed by atoms with Crippen LogP contribution in [0.25, 0.3) is 0 Å². The van der Waals surface area contributed by atoms with Gasteiger partial charge in [-0.25, -0.2) is 13.9 Å². The Morgan fingerprint density at radius 2 is 1.67 bits per heavy atom. The van der Waals surface area contributed by atoms with Crippen molar-refractivity contribution in [3.05, 3.63) is 18.7 Å². The first kappa shape index (κ1) is 16.7. The fraction of sp³-hybridized carbons (Fsp3) is 0.429. The van der Waals surface area contributed by atoms with Gasteiger partial charge in [0.05, 0.1) is 7.05 Å². The van der Waals surface area contributed by atoms with Crippen molar-refractivity contribution in [3.8, 4) is 0 Å². The van der Waals surface area contributed by atoms with Gasteiger partial charge in [-0.3, -0.25) is 0 Å². The molecule has 0 saturated heterocycles. The van der Waals surface area contributed by atoms with Crippen LogP contribution in [0.1, 0.15) is 13.0 Å². The van der Waals surface area contributed by atoms with Gasteiger partial charge in [0.15, 0.2) is 6.04 Å². The van der Waals surface area contributed by atoms with Gasteiger partial charge in [-0.15, -0.1) is 0 Å². The SMILES string of the molecule is CC(C(=O)O)[n+]1ccn(C)c1.F[P-](F)(F)(F)(F)F. The molecule has 18 heavy (non-hydrogen) atoms. The van der Waals surface area contributed by atoms with E-state index in [1.165, 1.54) is 0 Å². The zero-order valence-electron chi connectivity index (χ0n) is 9.27. The molecule has 11 heteroatoms. The summed E-state index contributed by atoms with van der Waals surface area (Å²) in [6.07, 6.45) is 5.27. The van der Waals surface area contributed by atoms with Gasteiger partial charge in [-0.05, 0) is 6.92 Å². The maximum atomic E-state index is 10.5. The number of aliphatic carboxylic acids is 1. The number of aryl methyl sites for hydroxylation is 1. The second-order valence-corrected chi connectivity index (χ2v) is 5.42. The third-order valence-corrected chi connectivity index (χ3v) is 1.59. The predicted molar refractivity (Wildman–Crippen MR) is 51.5 cm³/mol. The van der Waals surface area contributed by atoms with Crippen LogP contribution in [0.2, 0.25) is 0 Å². The zero-order chi connectivity index (χ0) is 14.8. The maximum absolute atomic E-state index is 10.7. The first-order valence-electron chi connectivity index (χ1n) is 4.38. The molecule has 0 amide bonds. The van der Waals surface area contributed by atoms with Crippen molar-refractivity contribution >= 4 is 13.8 Å². The summed E-state index contributed by atoms with van der Waals surface area (Å²) >= 11 is 0. The van der Waals surface area contributed by atoms with E-state index in [0.717, 1.165) is 0 Å². The quantitative estimate of drug-likeness (QED) is 0.517. The molecule has 1 aromatic heterocycles. The molecule has 0 fully saturated rings. The third kappa shape index (κ3) is 11.2. The van der Waals surface area contributed by atoms with Crippen molar-refractivity contribution in [1.82, 2.24) is 4.57 Å². The Kier molecular flexibility index (Phi) is 3.81. The minimum absolute atomic E-state index is 0.490. The number of hydrogen-bond acceptors (Lipinski definition) is 1. The number of aromatic nitrogens is 2. The van der Waals surface area contributed by atoms with Crippen LogP contribution in [-0.4, -0.2) is 15.6 Å². The van der Waals surface area contributed by atoms with E-state index in [1.54, 1.807) is 34.8 Å². The van der Waals surface area contributed by atoms with Gasteiger partial charge in [0, 0.05) is 0 Å². The molecule has 0 bridgehead atoms. The van der Waals surface area contributed by atoms with Crippen molar-refractivity contribution in [2.75, 3.05) is 0 Å². The standard InChI is InChI=1S/C7H10N2O2.F6P/c1-6(7(10)11)9-4-3-8(2)5-9;1-7(2,3,4,5)6/h3-6H,1-2H3;/q;-1/p+1. The molecule has 1 heterocycles. The third-order valence-electron chi connectivity index (χ3n) is 1.59. The predicted octanol–water partition coefficient (Wildman–Crippen LogP) is 3.34. The number of carboxylic acids is 1. The molecule has 1 atom stereocenters. The molecule has 0 aliphatic rings. The summed E-state index contributed by atoms with van der Waals surface area (Å²) in [4.78, 5) is 10.5. The second kappa shape index (κ2) is 4.11. The normalized spacial score (nSPS) is 16.9. The number of rotatable bonds is 2. The van der Waals surface area contributed by atoms with Crippen molar-refractivity contribution in [1.29, 1.82) is 0 Å². The topological polar surface area (TPSA) is 46.1 Å². The van der Waals surface area contributed by atoms with E-state index in [0.29, 0.717) is 0 Å². The number of nitrogens with zero attached hydrogens (tertiary/aromatic N) is 2. The van der Waals surface area contributed by atoms with Crippen LogP contribution in [-0.2, 0) is 11.8 Å². The molecule has 0 aliphatic heterocycles. The summed E-state index contributed by atoms with van der Waals surface area (Å²) in [5, 5.41) is 8.61. The Bertz CT molecular complexity index is 428. The average Bonchev–Trinajstić information content (AvgIpc) is 2.44. The van der Waals surface area contributed by atoms with E-state index in [2.05, 4.69) is 0 Å². The number of imidazole rings is 1. The van der Waals surface area contributed by atoms with Crippen molar-refractivity contribution < 1.29 is 39.6 Å². The van der Waals surface area contributed by atoms with Crippen LogP contribution in [0.4, 0.5) is 25.2 Å². The molecule has 1 unspecified atom stereocenters. The Morgan fingerprint density at radius 1 is 1.28 bits per heavy atom. The molecule has 1 aromatic rings. The minimum atomic E-state index is -10.7. The molecule has 1 N–H and O–H groups in total. The summed E-state index contributed by atoms with van der Waals surface area (Å²) < 4.78 is 62.6. The van der Waals surface area contributed by atoms with Crippen molar-refractivity contribution in [2.24, 2.45) is 7.05 Å². The monoisotopic (exact) mass is 300 g/mol. The first-order chi connectivity index (χ1) is 7.56. The van der Waals surface area contributed by atoms with Crippen LogP contribution in [0, 0.1) is 0 Å². The summed E-state index contributed by atoms with van der Waals surface area (Å²) in [5.74, 6) is -0.818. The molecule has 0 saturated carbocycles. The van der Waals surface area contributed by atoms with E-state index in [9.17, 15) is 30.0 Å². The Labute approximate surface area is 97.7 Å². The molecule has 4 nitrogen and oxygen atoms in total. The van der Waals surface area contributed by atoms with E-state index in [-0.39, 0.29) is 0 Å². The van der Waals surface area contributed by atoms with Crippen molar-refractivity contribution in [3.63, 3.8) is 0 Å². The Morgan fingerprint density at radius 3 is 1.89 bits per heavy atom.